The van der Waals surface area contributed by atoms with Crippen molar-refractivity contribution in [1.29, 1.82) is 0 Å². The molecule has 1 aliphatic carbocycles. The number of nitrogens with zero attached hydrogens (tertiary/aromatic N) is 1. The van der Waals surface area contributed by atoms with Gasteiger partial charge in [0.1, 0.15) is 0 Å². The number of hydrogen-bond donors (Lipinski definition) is 0. The van der Waals surface area contributed by atoms with Gasteiger partial charge in [-0.25, -0.2) is 0 Å². The lowest BCUT2D eigenvalue weighted by molar-refractivity contribution is 0.173. The average Bonchev–Trinajstić information content (AvgIpc) is 3.07. The molecule has 0 spiro atoms. The fourth-order valence-corrected chi connectivity index (χ4v) is 6.11. The molecule has 3 atom stereocenters. The van der Waals surface area contributed by atoms with Crippen LogP contribution in [0, 0.1) is 9.49 Å². The number of fused-ring (bicyclic) bond motifs is 2. The van der Waals surface area contributed by atoms with Gasteiger partial charge in [-0.3, -0.25) is 4.90 Å². The normalized spacial score (nSPS) is 31.4. The van der Waals surface area contributed by atoms with E-state index >= 15 is 0 Å². The summed E-state index contributed by atoms with van der Waals surface area (Å²) in [4.78, 5) is 2.71. The van der Waals surface area contributed by atoms with Crippen LogP contribution in [0.4, 0.5) is 0 Å². The highest BCUT2D eigenvalue weighted by Crippen LogP contribution is 2.41. The first kappa shape index (κ1) is 14.8. The molecule has 4 rings (SSSR count). The molecule has 0 unspecified atom stereocenters. The first-order valence-corrected chi connectivity index (χ1v) is 10.0. The Kier molecular flexibility index (Phi) is 4.25. The van der Waals surface area contributed by atoms with Crippen LogP contribution in [0.15, 0.2) is 12.1 Å². The van der Waals surface area contributed by atoms with Crippen molar-refractivity contribution in [3.05, 3.63) is 21.3 Å². The maximum absolute atomic E-state index is 5.54. The third kappa shape index (κ3) is 2.78. The van der Waals surface area contributed by atoms with E-state index in [1.54, 1.807) is 0 Å². The predicted molar refractivity (Wildman–Crippen MR) is 99.2 cm³/mol. The molecule has 114 valence electrons. The van der Waals surface area contributed by atoms with E-state index in [4.69, 9.17) is 9.47 Å². The van der Waals surface area contributed by atoms with Gasteiger partial charge in [0.25, 0.3) is 0 Å². The predicted octanol–water partition coefficient (Wildman–Crippen LogP) is 4.20. The first-order chi connectivity index (χ1) is 10.2. The third-order valence-corrected chi connectivity index (χ3v) is 7.40. The summed E-state index contributed by atoms with van der Waals surface area (Å²) in [6.07, 6.45) is 5.62. The van der Waals surface area contributed by atoms with E-state index in [1.165, 1.54) is 41.4 Å². The van der Waals surface area contributed by atoms with Crippen LogP contribution in [-0.4, -0.2) is 28.2 Å². The third-order valence-electron chi connectivity index (χ3n) is 5.03. The molecule has 5 heteroatoms. The molecule has 1 saturated carbocycles. The van der Waals surface area contributed by atoms with Crippen LogP contribution in [0.1, 0.15) is 31.2 Å². The van der Waals surface area contributed by atoms with E-state index in [2.05, 4.69) is 62.2 Å². The standard InChI is InChI=1S/C16H19I2NO2/c17-12-3-1-2-10-4-5-19(16(10)12)8-11-6-14-15(7-13(11)18)21-9-20-14/h6-7,10,12,16H,1-5,8-9H2/t10-,12+,16+/m1/s1. The van der Waals surface area contributed by atoms with Gasteiger partial charge >= 0.3 is 0 Å². The number of halogens is 2. The van der Waals surface area contributed by atoms with Gasteiger partial charge in [0.05, 0.1) is 0 Å². The lowest BCUT2D eigenvalue weighted by Gasteiger charge is -2.36. The Morgan fingerprint density at radius 2 is 1.95 bits per heavy atom. The molecule has 1 aromatic rings. The summed E-state index contributed by atoms with van der Waals surface area (Å²) >= 11 is 5.11. The van der Waals surface area contributed by atoms with Crippen molar-refractivity contribution >= 4 is 45.2 Å². The minimum atomic E-state index is 0.360. The zero-order chi connectivity index (χ0) is 14.4. The number of benzene rings is 1. The monoisotopic (exact) mass is 511 g/mol. The van der Waals surface area contributed by atoms with Gasteiger partial charge in [0.15, 0.2) is 11.5 Å². The molecule has 1 aromatic carbocycles. The molecular formula is C16H19I2NO2. The van der Waals surface area contributed by atoms with E-state index in [0.29, 0.717) is 6.79 Å². The van der Waals surface area contributed by atoms with E-state index in [0.717, 1.165) is 33.9 Å². The smallest absolute Gasteiger partial charge is 0.231 e. The van der Waals surface area contributed by atoms with Gasteiger partial charge in [-0.05, 0) is 72.0 Å². The first-order valence-electron chi connectivity index (χ1n) is 7.68. The van der Waals surface area contributed by atoms with Gasteiger partial charge in [-0.2, -0.15) is 0 Å². The molecule has 3 aliphatic rings. The van der Waals surface area contributed by atoms with Crippen molar-refractivity contribution in [1.82, 2.24) is 4.90 Å². The van der Waals surface area contributed by atoms with E-state index < -0.39 is 0 Å². The van der Waals surface area contributed by atoms with Crippen molar-refractivity contribution in [2.75, 3.05) is 13.3 Å². The highest BCUT2D eigenvalue weighted by Gasteiger charge is 2.40. The number of likely N-dealkylation sites (tertiary alicyclic amines) is 1. The molecule has 0 amide bonds. The molecule has 0 bridgehead atoms. The van der Waals surface area contributed by atoms with Crippen LogP contribution in [0.2, 0.25) is 0 Å². The lowest BCUT2D eigenvalue weighted by atomic mass is 9.85. The average molecular weight is 511 g/mol. The summed E-state index contributed by atoms with van der Waals surface area (Å²) in [5.41, 5.74) is 1.38. The van der Waals surface area contributed by atoms with Gasteiger partial charge in [0.2, 0.25) is 6.79 Å². The van der Waals surface area contributed by atoms with Crippen LogP contribution in [0.5, 0.6) is 11.5 Å². The topological polar surface area (TPSA) is 21.7 Å². The van der Waals surface area contributed by atoms with Crippen molar-refractivity contribution in [2.45, 2.75) is 42.2 Å². The quantitative estimate of drug-likeness (QED) is 0.440. The second kappa shape index (κ2) is 6.03. The molecule has 0 N–H and O–H groups in total. The Morgan fingerprint density at radius 1 is 1.14 bits per heavy atom. The Labute approximate surface area is 153 Å². The van der Waals surface area contributed by atoms with E-state index in [1.807, 2.05) is 0 Å². The molecule has 3 nitrogen and oxygen atoms in total. The molecule has 2 heterocycles. The van der Waals surface area contributed by atoms with Crippen molar-refractivity contribution in [2.24, 2.45) is 5.92 Å². The molecule has 0 aromatic heterocycles. The minimum absolute atomic E-state index is 0.360. The number of rotatable bonds is 2. The van der Waals surface area contributed by atoms with E-state index in [9.17, 15) is 0 Å². The molecular weight excluding hydrogens is 492 g/mol. The van der Waals surface area contributed by atoms with E-state index in [-0.39, 0.29) is 0 Å². The molecule has 2 aliphatic heterocycles. The molecule has 1 saturated heterocycles. The summed E-state index contributed by atoms with van der Waals surface area (Å²) in [5.74, 6) is 2.73. The Morgan fingerprint density at radius 3 is 2.81 bits per heavy atom. The Hall–Kier alpha value is 0.240. The maximum atomic E-state index is 5.54. The van der Waals surface area contributed by atoms with Crippen LogP contribution in [0.3, 0.4) is 0 Å². The van der Waals surface area contributed by atoms with Crippen molar-refractivity contribution in [3.8, 4) is 11.5 Å². The lowest BCUT2D eigenvalue weighted by Crippen LogP contribution is -2.41. The zero-order valence-corrected chi connectivity index (χ0v) is 16.2. The second-order valence-corrected chi connectivity index (χ2v) is 9.02. The van der Waals surface area contributed by atoms with Crippen molar-refractivity contribution < 1.29 is 9.47 Å². The molecule has 0 radical (unpaired) electrons. The fraction of sp³-hybridized carbons (Fsp3) is 0.625. The van der Waals surface area contributed by atoms with Crippen LogP contribution in [0.25, 0.3) is 0 Å². The summed E-state index contributed by atoms with van der Waals surface area (Å²) in [5, 5.41) is 0. The number of alkyl halides is 1. The van der Waals surface area contributed by atoms with Gasteiger partial charge in [0, 0.05) is 20.1 Å². The fourth-order valence-electron chi connectivity index (χ4n) is 4.02. The summed E-state index contributed by atoms with van der Waals surface area (Å²) in [6, 6.07) is 5.08. The highest BCUT2D eigenvalue weighted by molar-refractivity contribution is 14.1. The number of hydrogen-bond acceptors (Lipinski definition) is 3. The SMILES string of the molecule is Ic1cc2c(cc1CN1CC[C@H]3CCC[C@H](I)[C@H]31)OCO2. The Balaban J connectivity index is 1.56. The summed E-state index contributed by atoms with van der Waals surface area (Å²) < 4.78 is 13.1. The second-order valence-electron chi connectivity index (χ2n) is 6.25. The number of ether oxygens (including phenoxy) is 2. The van der Waals surface area contributed by atoms with Crippen LogP contribution < -0.4 is 9.47 Å². The molecule has 2 fully saturated rings. The van der Waals surface area contributed by atoms with Gasteiger partial charge in [-0.15, -0.1) is 0 Å². The minimum Gasteiger partial charge on any atom is -0.454 e. The van der Waals surface area contributed by atoms with Crippen molar-refractivity contribution in [3.63, 3.8) is 0 Å². The Bertz CT molecular complexity index is 551. The van der Waals surface area contributed by atoms with Gasteiger partial charge < -0.3 is 9.47 Å². The van der Waals surface area contributed by atoms with Crippen LogP contribution in [-0.2, 0) is 6.54 Å². The maximum Gasteiger partial charge on any atom is 0.231 e. The van der Waals surface area contributed by atoms with Crippen LogP contribution >= 0.6 is 45.2 Å². The highest BCUT2D eigenvalue weighted by atomic mass is 127. The summed E-state index contributed by atoms with van der Waals surface area (Å²) in [6.45, 7) is 2.66. The van der Waals surface area contributed by atoms with Gasteiger partial charge in [-0.1, -0.05) is 29.0 Å². The molecule has 21 heavy (non-hydrogen) atoms. The zero-order valence-electron chi connectivity index (χ0n) is 11.9. The largest absolute Gasteiger partial charge is 0.454 e. The summed E-state index contributed by atoms with van der Waals surface area (Å²) in [7, 11) is 0.